The van der Waals surface area contributed by atoms with E-state index < -0.39 is 5.97 Å². The van der Waals surface area contributed by atoms with Crippen LogP contribution in [0.25, 0.3) is 0 Å². The predicted octanol–water partition coefficient (Wildman–Crippen LogP) is 2.34. The van der Waals surface area contributed by atoms with Crippen molar-refractivity contribution in [1.29, 1.82) is 0 Å². The zero-order valence-electron chi connectivity index (χ0n) is 12.2. The molecule has 1 amide bonds. The zero-order valence-corrected chi connectivity index (χ0v) is 12.2. The van der Waals surface area contributed by atoms with E-state index in [0.717, 1.165) is 5.56 Å². The molecule has 0 N–H and O–H groups in total. The zero-order chi connectivity index (χ0) is 15.7. The summed E-state index contributed by atoms with van der Waals surface area (Å²) in [4.78, 5) is 25.0. The summed E-state index contributed by atoms with van der Waals surface area (Å²) in [5.74, 6) is -0.901. The Morgan fingerprint density at radius 2 is 2.00 bits per heavy atom. The monoisotopic (exact) mass is 293 g/mol. The van der Waals surface area contributed by atoms with E-state index in [-0.39, 0.29) is 31.3 Å². The van der Waals surface area contributed by atoms with Gasteiger partial charge in [-0.3, -0.25) is 9.59 Å². The normalized spacial score (nSPS) is 10.0. The molecule has 21 heavy (non-hydrogen) atoms. The standard InChI is InChI=1S/C16H20FNO3/c1-3-11-18(12-16(20)21-4-2)15(19)10-7-13-5-8-14(17)9-6-13/h3,5-6,8-9H,1,4,7,10-12H2,2H3. The average Bonchev–Trinajstić information content (AvgIpc) is 2.46. The van der Waals surface area contributed by atoms with E-state index in [0.29, 0.717) is 13.0 Å². The number of nitrogens with zero attached hydrogens (tertiary/aromatic N) is 1. The van der Waals surface area contributed by atoms with Crippen molar-refractivity contribution in [3.05, 3.63) is 48.3 Å². The Kier molecular flexibility index (Phi) is 7.15. The molecule has 1 aromatic carbocycles. The van der Waals surface area contributed by atoms with Crippen LogP contribution in [0.1, 0.15) is 18.9 Å². The number of esters is 1. The smallest absolute Gasteiger partial charge is 0.325 e. The van der Waals surface area contributed by atoms with Gasteiger partial charge in [-0.2, -0.15) is 0 Å². The van der Waals surface area contributed by atoms with Crippen LogP contribution in [0.3, 0.4) is 0 Å². The number of aryl methyl sites for hydroxylation is 1. The molecular formula is C16H20FNO3. The molecule has 0 aliphatic heterocycles. The number of carbonyl (C=O) groups excluding carboxylic acids is 2. The first-order valence-electron chi connectivity index (χ1n) is 6.85. The Hall–Kier alpha value is -2.17. The van der Waals surface area contributed by atoms with Gasteiger partial charge in [-0.05, 0) is 31.0 Å². The SMILES string of the molecule is C=CCN(CC(=O)OCC)C(=O)CCc1ccc(F)cc1. The van der Waals surface area contributed by atoms with Crippen LogP contribution in [-0.4, -0.2) is 36.5 Å². The fourth-order valence-corrected chi connectivity index (χ4v) is 1.83. The molecule has 0 aromatic heterocycles. The molecule has 0 unspecified atom stereocenters. The molecule has 4 nitrogen and oxygen atoms in total. The first-order chi connectivity index (χ1) is 10.1. The largest absolute Gasteiger partial charge is 0.465 e. The maximum atomic E-state index is 12.8. The number of rotatable bonds is 8. The number of hydrogen-bond acceptors (Lipinski definition) is 3. The van der Waals surface area contributed by atoms with Crippen LogP contribution in [0.2, 0.25) is 0 Å². The van der Waals surface area contributed by atoms with Gasteiger partial charge in [0.2, 0.25) is 5.91 Å². The van der Waals surface area contributed by atoms with Gasteiger partial charge in [0.25, 0.3) is 0 Å². The minimum absolute atomic E-state index is 0.0812. The summed E-state index contributed by atoms with van der Waals surface area (Å²) in [5, 5.41) is 0. The lowest BCUT2D eigenvalue weighted by Gasteiger charge is -2.20. The van der Waals surface area contributed by atoms with Crippen LogP contribution in [0, 0.1) is 5.82 Å². The minimum atomic E-state index is -0.436. The van der Waals surface area contributed by atoms with Crippen molar-refractivity contribution in [1.82, 2.24) is 4.90 Å². The molecule has 1 aromatic rings. The van der Waals surface area contributed by atoms with Crippen molar-refractivity contribution in [2.75, 3.05) is 19.7 Å². The van der Waals surface area contributed by atoms with Crippen LogP contribution in [0.5, 0.6) is 0 Å². The molecule has 0 bridgehead atoms. The van der Waals surface area contributed by atoms with Gasteiger partial charge in [0.1, 0.15) is 12.4 Å². The molecule has 0 saturated heterocycles. The fourth-order valence-electron chi connectivity index (χ4n) is 1.83. The average molecular weight is 293 g/mol. The Morgan fingerprint density at radius 3 is 2.57 bits per heavy atom. The molecule has 5 heteroatoms. The van der Waals surface area contributed by atoms with Crippen molar-refractivity contribution < 1.29 is 18.7 Å². The van der Waals surface area contributed by atoms with Gasteiger partial charge >= 0.3 is 5.97 Å². The van der Waals surface area contributed by atoms with Crippen LogP contribution in [0.15, 0.2) is 36.9 Å². The summed E-state index contributed by atoms with van der Waals surface area (Å²) < 4.78 is 17.6. The van der Waals surface area contributed by atoms with Gasteiger partial charge in [-0.1, -0.05) is 18.2 Å². The molecule has 0 spiro atoms. The van der Waals surface area contributed by atoms with E-state index in [1.165, 1.54) is 17.0 Å². The maximum absolute atomic E-state index is 12.8. The first-order valence-corrected chi connectivity index (χ1v) is 6.85. The number of carbonyl (C=O) groups is 2. The lowest BCUT2D eigenvalue weighted by molar-refractivity contribution is -0.148. The van der Waals surface area contributed by atoms with Crippen molar-refractivity contribution in [2.45, 2.75) is 19.8 Å². The molecular weight excluding hydrogens is 273 g/mol. The van der Waals surface area contributed by atoms with E-state index >= 15 is 0 Å². The molecule has 0 atom stereocenters. The lowest BCUT2D eigenvalue weighted by Crippen LogP contribution is -2.36. The van der Waals surface area contributed by atoms with E-state index in [4.69, 9.17) is 4.74 Å². The third-order valence-corrected chi connectivity index (χ3v) is 2.87. The second-order valence-electron chi connectivity index (χ2n) is 4.49. The highest BCUT2D eigenvalue weighted by molar-refractivity contribution is 5.82. The Labute approximate surface area is 124 Å². The van der Waals surface area contributed by atoms with Crippen molar-refractivity contribution in [3.63, 3.8) is 0 Å². The summed E-state index contributed by atoms with van der Waals surface area (Å²) in [6.45, 7) is 5.78. The highest BCUT2D eigenvalue weighted by atomic mass is 19.1. The summed E-state index contributed by atoms with van der Waals surface area (Å²) in [7, 11) is 0. The van der Waals surface area contributed by atoms with Gasteiger partial charge in [-0.25, -0.2) is 4.39 Å². The Balaban J connectivity index is 2.53. The highest BCUT2D eigenvalue weighted by Crippen LogP contribution is 2.07. The summed E-state index contributed by atoms with van der Waals surface area (Å²) in [5.41, 5.74) is 0.874. The Bertz CT molecular complexity index is 485. The highest BCUT2D eigenvalue weighted by Gasteiger charge is 2.16. The lowest BCUT2D eigenvalue weighted by atomic mass is 10.1. The van der Waals surface area contributed by atoms with Crippen molar-refractivity contribution in [2.24, 2.45) is 0 Å². The maximum Gasteiger partial charge on any atom is 0.325 e. The van der Waals surface area contributed by atoms with E-state index in [2.05, 4.69) is 6.58 Å². The number of halogens is 1. The topological polar surface area (TPSA) is 46.6 Å². The van der Waals surface area contributed by atoms with Crippen molar-refractivity contribution >= 4 is 11.9 Å². The number of hydrogen-bond donors (Lipinski definition) is 0. The molecule has 0 aliphatic carbocycles. The second-order valence-corrected chi connectivity index (χ2v) is 4.49. The molecule has 0 radical (unpaired) electrons. The van der Waals surface area contributed by atoms with Crippen molar-refractivity contribution in [3.8, 4) is 0 Å². The number of ether oxygens (including phenoxy) is 1. The van der Waals surface area contributed by atoms with Crippen LogP contribution in [0.4, 0.5) is 4.39 Å². The predicted molar refractivity (Wildman–Crippen MR) is 78.1 cm³/mol. The van der Waals surface area contributed by atoms with E-state index in [1.54, 1.807) is 25.1 Å². The molecule has 0 aliphatic rings. The van der Waals surface area contributed by atoms with Crippen LogP contribution in [-0.2, 0) is 20.7 Å². The summed E-state index contributed by atoms with van der Waals surface area (Å²) in [6.07, 6.45) is 2.31. The van der Waals surface area contributed by atoms with Crippen LogP contribution < -0.4 is 0 Å². The third-order valence-electron chi connectivity index (χ3n) is 2.87. The third kappa shape index (κ3) is 6.21. The van der Waals surface area contributed by atoms with Gasteiger partial charge in [-0.15, -0.1) is 6.58 Å². The van der Waals surface area contributed by atoms with E-state index in [9.17, 15) is 14.0 Å². The quantitative estimate of drug-likeness (QED) is 0.546. The van der Waals surface area contributed by atoms with Crippen LogP contribution >= 0.6 is 0 Å². The van der Waals surface area contributed by atoms with Gasteiger partial charge in [0.15, 0.2) is 0 Å². The molecule has 0 saturated carbocycles. The second kappa shape index (κ2) is 8.89. The van der Waals surface area contributed by atoms with Gasteiger partial charge < -0.3 is 9.64 Å². The molecule has 0 heterocycles. The number of benzene rings is 1. The van der Waals surface area contributed by atoms with E-state index in [1.807, 2.05) is 0 Å². The summed E-state index contributed by atoms with van der Waals surface area (Å²) >= 11 is 0. The fraction of sp³-hybridized carbons (Fsp3) is 0.375. The van der Waals surface area contributed by atoms with Gasteiger partial charge in [0.05, 0.1) is 6.61 Å². The first kappa shape index (κ1) is 16.9. The molecule has 114 valence electrons. The van der Waals surface area contributed by atoms with Gasteiger partial charge in [0, 0.05) is 13.0 Å². The minimum Gasteiger partial charge on any atom is -0.465 e. The summed E-state index contributed by atoms with van der Waals surface area (Å²) in [6, 6.07) is 6.01. The number of amides is 1. The Morgan fingerprint density at radius 1 is 1.33 bits per heavy atom. The molecule has 1 rings (SSSR count). The molecule has 0 fully saturated rings.